The predicted molar refractivity (Wildman–Crippen MR) is 103 cm³/mol. The van der Waals surface area contributed by atoms with Gasteiger partial charge in [0, 0.05) is 18.2 Å². The lowest BCUT2D eigenvalue weighted by Gasteiger charge is -2.28. The second-order valence-electron chi connectivity index (χ2n) is 8.13. The highest BCUT2D eigenvalue weighted by Crippen LogP contribution is 2.41. The van der Waals surface area contributed by atoms with E-state index in [2.05, 4.69) is 4.98 Å². The van der Waals surface area contributed by atoms with Gasteiger partial charge in [0.1, 0.15) is 6.04 Å². The molecule has 158 valence electrons. The molecule has 1 aliphatic rings. The predicted octanol–water partition coefficient (Wildman–Crippen LogP) is 4.61. The number of hydrogen-bond acceptors (Lipinski definition) is 4. The summed E-state index contributed by atoms with van der Waals surface area (Å²) in [6.45, 7) is 4.75. The van der Waals surface area contributed by atoms with E-state index in [0.29, 0.717) is 5.69 Å². The van der Waals surface area contributed by atoms with Crippen LogP contribution in [0.3, 0.4) is 0 Å². The van der Waals surface area contributed by atoms with Crippen LogP contribution >= 0.6 is 0 Å². The Morgan fingerprint density at radius 1 is 1.13 bits per heavy atom. The van der Waals surface area contributed by atoms with Crippen molar-refractivity contribution in [2.75, 3.05) is 0 Å². The molecule has 1 amide bonds. The summed E-state index contributed by atoms with van der Waals surface area (Å²) in [5.74, 6) is -1.95. The van der Waals surface area contributed by atoms with Crippen LogP contribution in [0.15, 0.2) is 60.0 Å². The second kappa shape index (κ2) is 7.59. The Hall–Kier alpha value is -3.16. The number of aliphatic hydroxyl groups is 1. The van der Waals surface area contributed by atoms with E-state index < -0.39 is 40.6 Å². The Bertz CT molecular complexity index is 1010. The van der Waals surface area contributed by atoms with Crippen molar-refractivity contribution in [3.63, 3.8) is 0 Å². The van der Waals surface area contributed by atoms with Crippen LogP contribution in [0.4, 0.5) is 13.2 Å². The van der Waals surface area contributed by atoms with Crippen molar-refractivity contribution in [3.05, 3.63) is 76.8 Å². The Morgan fingerprint density at radius 2 is 1.83 bits per heavy atom. The standard InChI is InChI=1S/C22H21F3N2O3/c1-21(2,3)19(29)16-17(15-9-4-5-10-26-15)27(20(30)18(16)28)12-13-7-6-8-14(11-13)22(23,24)25/h4-11,17,28H,12H2,1-3H3. The van der Waals surface area contributed by atoms with Crippen LogP contribution in [0.1, 0.15) is 43.6 Å². The zero-order valence-electron chi connectivity index (χ0n) is 16.7. The van der Waals surface area contributed by atoms with Crippen molar-refractivity contribution >= 4 is 11.7 Å². The maximum atomic E-state index is 13.1. The van der Waals surface area contributed by atoms with E-state index in [4.69, 9.17) is 0 Å². The van der Waals surface area contributed by atoms with Crippen LogP contribution < -0.4 is 0 Å². The van der Waals surface area contributed by atoms with Gasteiger partial charge in [0.25, 0.3) is 5.91 Å². The number of amides is 1. The number of Topliss-reactive ketones (excluding diaryl/α,β-unsaturated/α-hetero) is 1. The normalized spacial score (nSPS) is 17.6. The summed E-state index contributed by atoms with van der Waals surface area (Å²) in [6.07, 6.45) is -3.05. The number of halogens is 3. The van der Waals surface area contributed by atoms with Gasteiger partial charge in [0.15, 0.2) is 11.5 Å². The molecule has 0 aliphatic carbocycles. The summed E-state index contributed by atoms with van der Waals surface area (Å²) >= 11 is 0. The number of rotatable bonds is 4. The maximum absolute atomic E-state index is 13.1. The van der Waals surface area contributed by atoms with E-state index in [9.17, 15) is 27.9 Å². The summed E-state index contributed by atoms with van der Waals surface area (Å²) in [7, 11) is 0. The van der Waals surface area contributed by atoms with Crippen LogP contribution in [0.25, 0.3) is 0 Å². The number of aliphatic hydroxyl groups excluding tert-OH is 1. The number of nitrogens with zero attached hydrogens (tertiary/aromatic N) is 2. The average Bonchev–Trinajstić information content (AvgIpc) is 2.92. The van der Waals surface area contributed by atoms with Crippen LogP contribution in [0.2, 0.25) is 0 Å². The molecular weight excluding hydrogens is 397 g/mol. The molecule has 2 aromatic rings. The fraction of sp³-hybridized carbons (Fsp3) is 0.318. The summed E-state index contributed by atoms with van der Waals surface area (Å²) in [5.41, 5.74) is -1.27. The fourth-order valence-electron chi connectivity index (χ4n) is 3.34. The van der Waals surface area contributed by atoms with Gasteiger partial charge in [-0.15, -0.1) is 0 Å². The molecule has 3 rings (SSSR count). The van der Waals surface area contributed by atoms with Crippen LogP contribution in [0.5, 0.6) is 0 Å². The fourth-order valence-corrected chi connectivity index (χ4v) is 3.34. The van der Waals surface area contributed by atoms with Gasteiger partial charge in [-0.25, -0.2) is 0 Å². The molecule has 0 fully saturated rings. The Labute approximate surface area is 171 Å². The molecule has 1 aromatic carbocycles. The molecule has 0 saturated carbocycles. The molecule has 0 radical (unpaired) electrons. The van der Waals surface area contributed by atoms with Crippen molar-refractivity contribution in [1.29, 1.82) is 0 Å². The van der Waals surface area contributed by atoms with E-state index >= 15 is 0 Å². The minimum absolute atomic E-state index is 0.0989. The molecule has 2 heterocycles. The van der Waals surface area contributed by atoms with E-state index in [0.717, 1.165) is 12.1 Å². The third-order valence-electron chi connectivity index (χ3n) is 4.80. The van der Waals surface area contributed by atoms with E-state index in [1.807, 2.05) is 0 Å². The first-order valence-corrected chi connectivity index (χ1v) is 9.27. The molecule has 5 nitrogen and oxygen atoms in total. The molecule has 8 heteroatoms. The molecule has 0 bridgehead atoms. The smallest absolute Gasteiger partial charge is 0.416 e. The SMILES string of the molecule is CC(C)(C)C(=O)C1=C(O)C(=O)N(Cc2cccc(C(F)(F)F)c2)C1c1ccccn1. The van der Waals surface area contributed by atoms with Gasteiger partial charge < -0.3 is 10.0 Å². The summed E-state index contributed by atoms with van der Waals surface area (Å²) in [4.78, 5) is 31.2. The van der Waals surface area contributed by atoms with Gasteiger partial charge in [0.05, 0.1) is 16.8 Å². The summed E-state index contributed by atoms with van der Waals surface area (Å²) < 4.78 is 39.2. The lowest BCUT2D eigenvalue weighted by molar-refractivity contribution is -0.137. The topological polar surface area (TPSA) is 70.5 Å². The summed E-state index contributed by atoms with van der Waals surface area (Å²) in [6, 6.07) is 8.53. The van der Waals surface area contributed by atoms with Crippen LogP contribution in [0, 0.1) is 5.41 Å². The molecule has 1 unspecified atom stereocenters. The van der Waals surface area contributed by atoms with Gasteiger partial charge >= 0.3 is 6.18 Å². The first-order chi connectivity index (χ1) is 13.9. The highest BCUT2D eigenvalue weighted by atomic mass is 19.4. The van der Waals surface area contributed by atoms with E-state index in [1.165, 1.54) is 23.2 Å². The Morgan fingerprint density at radius 3 is 2.40 bits per heavy atom. The monoisotopic (exact) mass is 418 g/mol. The van der Waals surface area contributed by atoms with Crippen LogP contribution in [-0.4, -0.2) is 26.7 Å². The lowest BCUT2D eigenvalue weighted by Crippen LogP contribution is -2.33. The van der Waals surface area contributed by atoms with Crippen molar-refractivity contribution in [1.82, 2.24) is 9.88 Å². The third-order valence-corrected chi connectivity index (χ3v) is 4.80. The lowest BCUT2D eigenvalue weighted by atomic mass is 9.83. The molecule has 1 aromatic heterocycles. The number of hydrogen-bond donors (Lipinski definition) is 1. The number of carbonyl (C=O) groups is 2. The van der Waals surface area contributed by atoms with E-state index in [1.54, 1.807) is 39.0 Å². The average molecular weight is 418 g/mol. The Kier molecular flexibility index (Phi) is 5.45. The van der Waals surface area contributed by atoms with Crippen molar-refractivity contribution in [2.24, 2.45) is 5.41 Å². The number of aromatic nitrogens is 1. The van der Waals surface area contributed by atoms with E-state index in [-0.39, 0.29) is 17.7 Å². The quantitative estimate of drug-likeness (QED) is 0.787. The van der Waals surface area contributed by atoms with Gasteiger partial charge in [0.2, 0.25) is 0 Å². The first kappa shape index (κ1) is 21.5. The van der Waals surface area contributed by atoms with Gasteiger partial charge in [-0.05, 0) is 29.8 Å². The van der Waals surface area contributed by atoms with Crippen molar-refractivity contribution in [2.45, 2.75) is 39.5 Å². The maximum Gasteiger partial charge on any atom is 0.416 e. The molecular formula is C22H21F3N2O3. The van der Waals surface area contributed by atoms with Crippen LogP contribution in [-0.2, 0) is 22.3 Å². The summed E-state index contributed by atoms with van der Waals surface area (Å²) in [5, 5.41) is 10.5. The molecule has 1 atom stereocenters. The minimum atomic E-state index is -4.53. The molecule has 1 aliphatic heterocycles. The highest BCUT2D eigenvalue weighted by Gasteiger charge is 2.46. The number of ketones is 1. The third kappa shape index (κ3) is 4.08. The molecule has 0 saturated heterocycles. The van der Waals surface area contributed by atoms with Crippen molar-refractivity contribution < 1.29 is 27.9 Å². The molecule has 0 spiro atoms. The largest absolute Gasteiger partial charge is 0.503 e. The zero-order chi connectivity index (χ0) is 22.3. The number of benzene rings is 1. The zero-order valence-corrected chi connectivity index (χ0v) is 16.7. The number of alkyl halides is 3. The van der Waals surface area contributed by atoms with Gasteiger partial charge in [-0.3, -0.25) is 14.6 Å². The van der Waals surface area contributed by atoms with Gasteiger partial charge in [-0.2, -0.15) is 13.2 Å². The second-order valence-corrected chi connectivity index (χ2v) is 8.13. The van der Waals surface area contributed by atoms with Crippen molar-refractivity contribution in [3.8, 4) is 0 Å². The molecule has 1 N–H and O–H groups in total. The number of pyridine rings is 1. The van der Waals surface area contributed by atoms with Gasteiger partial charge in [-0.1, -0.05) is 39.0 Å². The highest BCUT2D eigenvalue weighted by molar-refractivity contribution is 6.10. The number of carbonyl (C=O) groups excluding carboxylic acids is 2. The molecule has 30 heavy (non-hydrogen) atoms. The first-order valence-electron chi connectivity index (χ1n) is 9.27. The minimum Gasteiger partial charge on any atom is -0.503 e. The Balaban J connectivity index is 2.06.